The van der Waals surface area contributed by atoms with E-state index in [0.717, 1.165) is 19.4 Å². The van der Waals surface area contributed by atoms with Gasteiger partial charge in [-0.05, 0) is 12.8 Å². The molecule has 0 radical (unpaired) electrons. The molecule has 4 nitrogen and oxygen atoms in total. The SMILES string of the molecule is CC.CCCN(C)C(=O)CCCONC. The van der Waals surface area contributed by atoms with Crippen molar-refractivity contribution in [2.24, 2.45) is 0 Å². The molecule has 0 rings (SSSR count). The van der Waals surface area contributed by atoms with Gasteiger partial charge in [0.05, 0.1) is 6.61 Å². The number of nitrogens with zero attached hydrogens (tertiary/aromatic N) is 1. The van der Waals surface area contributed by atoms with Crippen LogP contribution in [0.3, 0.4) is 0 Å². The predicted octanol–water partition coefficient (Wildman–Crippen LogP) is 1.81. The maximum atomic E-state index is 11.3. The molecule has 0 aliphatic carbocycles. The van der Waals surface area contributed by atoms with E-state index >= 15 is 0 Å². The molecule has 0 atom stereocenters. The number of carbonyl (C=O) groups is 1. The summed E-state index contributed by atoms with van der Waals surface area (Å²) in [5.74, 6) is 0.196. The van der Waals surface area contributed by atoms with E-state index in [9.17, 15) is 4.79 Å². The number of hydrogen-bond donors (Lipinski definition) is 1. The Labute approximate surface area is 93.9 Å². The third kappa shape index (κ3) is 11.3. The Balaban J connectivity index is 0. The molecule has 0 heterocycles. The van der Waals surface area contributed by atoms with Gasteiger partial charge in [0.2, 0.25) is 5.91 Å². The molecule has 0 saturated carbocycles. The average molecular weight is 218 g/mol. The van der Waals surface area contributed by atoms with Gasteiger partial charge in [0.15, 0.2) is 0 Å². The largest absolute Gasteiger partial charge is 0.346 e. The summed E-state index contributed by atoms with van der Waals surface area (Å²) in [6.07, 6.45) is 2.35. The molecule has 0 saturated heterocycles. The second kappa shape index (κ2) is 13.4. The lowest BCUT2D eigenvalue weighted by Crippen LogP contribution is -2.27. The monoisotopic (exact) mass is 218 g/mol. The van der Waals surface area contributed by atoms with E-state index in [2.05, 4.69) is 12.4 Å². The van der Waals surface area contributed by atoms with Crippen LogP contribution in [0.25, 0.3) is 0 Å². The Kier molecular flexibility index (Phi) is 15.0. The lowest BCUT2D eigenvalue weighted by molar-refractivity contribution is -0.130. The Morgan fingerprint density at radius 3 is 2.47 bits per heavy atom. The molecule has 4 heteroatoms. The summed E-state index contributed by atoms with van der Waals surface area (Å²) in [7, 11) is 3.55. The minimum atomic E-state index is 0.196. The van der Waals surface area contributed by atoms with Gasteiger partial charge in [0.25, 0.3) is 0 Å². The van der Waals surface area contributed by atoms with Crippen molar-refractivity contribution in [1.29, 1.82) is 0 Å². The Hall–Kier alpha value is -0.610. The number of amides is 1. The van der Waals surface area contributed by atoms with Crippen molar-refractivity contribution in [3.8, 4) is 0 Å². The molecule has 0 unspecified atom stereocenters. The van der Waals surface area contributed by atoms with Gasteiger partial charge in [-0.3, -0.25) is 4.79 Å². The summed E-state index contributed by atoms with van der Waals surface area (Å²) >= 11 is 0. The molecular formula is C11H26N2O2. The standard InChI is InChI=1S/C9H20N2O2.C2H6/c1-4-7-11(3)9(12)6-5-8-13-10-2;1-2/h10H,4-8H2,1-3H3;1-2H3. The summed E-state index contributed by atoms with van der Waals surface area (Å²) in [6.45, 7) is 7.49. The number of hydroxylamine groups is 1. The zero-order chi connectivity index (χ0) is 12.1. The van der Waals surface area contributed by atoms with Crippen molar-refractivity contribution in [2.45, 2.75) is 40.0 Å². The van der Waals surface area contributed by atoms with Crippen molar-refractivity contribution < 1.29 is 9.63 Å². The van der Waals surface area contributed by atoms with E-state index in [1.165, 1.54) is 0 Å². The van der Waals surface area contributed by atoms with Crippen molar-refractivity contribution >= 4 is 5.91 Å². The van der Waals surface area contributed by atoms with Gasteiger partial charge in [-0.2, -0.15) is 0 Å². The first kappa shape index (κ1) is 16.8. The molecule has 0 spiro atoms. The normalized spacial score (nSPS) is 9.13. The first-order chi connectivity index (χ1) is 7.22. The highest BCUT2D eigenvalue weighted by Gasteiger charge is 2.06. The van der Waals surface area contributed by atoms with Crippen LogP contribution in [0.15, 0.2) is 0 Å². The van der Waals surface area contributed by atoms with Crippen LogP contribution in [0, 0.1) is 0 Å². The van der Waals surface area contributed by atoms with E-state index in [1.807, 2.05) is 20.9 Å². The minimum Gasteiger partial charge on any atom is -0.346 e. The average Bonchev–Trinajstić information content (AvgIpc) is 2.27. The lowest BCUT2D eigenvalue weighted by atomic mass is 10.3. The van der Waals surface area contributed by atoms with E-state index in [4.69, 9.17) is 4.84 Å². The second-order valence-corrected chi connectivity index (χ2v) is 2.97. The van der Waals surface area contributed by atoms with Crippen molar-refractivity contribution in [3.05, 3.63) is 0 Å². The molecule has 92 valence electrons. The smallest absolute Gasteiger partial charge is 0.222 e. The first-order valence-corrected chi connectivity index (χ1v) is 5.74. The van der Waals surface area contributed by atoms with E-state index < -0.39 is 0 Å². The van der Waals surface area contributed by atoms with Gasteiger partial charge in [-0.1, -0.05) is 20.8 Å². The fourth-order valence-corrected chi connectivity index (χ4v) is 1.05. The van der Waals surface area contributed by atoms with E-state index in [1.54, 1.807) is 11.9 Å². The van der Waals surface area contributed by atoms with E-state index in [0.29, 0.717) is 13.0 Å². The van der Waals surface area contributed by atoms with Gasteiger partial charge in [-0.15, -0.1) is 0 Å². The van der Waals surface area contributed by atoms with Gasteiger partial charge in [-0.25, -0.2) is 5.48 Å². The third-order valence-electron chi connectivity index (χ3n) is 1.77. The minimum absolute atomic E-state index is 0.196. The molecule has 1 N–H and O–H groups in total. The van der Waals surface area contributed by atoms with Crippen molar-refractivity contribution in [3.63, 3.8) is 0 Å². The Morgan fingerprint density at radius 1 is 1.40 bits per heavy atom. The summed E-state index contributed by atoms with van der Waals surface area (Å²) in [5.41, 5.74) is 2.57. The van der Waals surface area contributed by atoms with Crippen LogP contribution in [0.1, 0.15) is 40.0 Å². The van der Waals surface area contributed by atoms with Crippen LogP contribution in [-0.2, 0) is 9.63 Å². The molecular weight excluding hydrogens is 192 g/mol. The van der Waals surface area contributed by atoms with Gasteiger partial charge < -0.3 is 9.74 Å². The van der Waals surface area contributed by atoms with E-state index in [-0.39, 0.29) is 5.91 Å². The molecule has 0 aliphatic rings. The Bertz CT molecular complexity index is 141. The van der Waals surface area contributed by atoms with Crippen LogP contribution < -0.4 is 5.48 Å². The number of rotatable bonds is 7. The third-order valence-corrected chi connectivity index (χ3v) is 1.77. The Morgan fingerprint density at radius 2 is 2.00 bits per heavy atom. The van der Waals surface area contributed by atoms with Crippen molar-refractivity contribution in [1.82, 2.24) is 10.4 Å². The van der Waals surface area contributed by atoms with Crippen LogP contribution >= 0.6 is 0 Å². The fourth-order valence-electron chi connectivity index (χ4n) is 1.05. The van der Waals surface area contributed by atoms with Gasteiger partial charge in [0.1, 0.15) is 0 Å². The number of hydrogen-bond acceptors (Lipinski definition) is 3. The van der Waals surface area contributed by atoms with Crippen LogP contribution in [-0.4, -0.2) is 38.1 Å². The molecule has 0 fully saturated rings. The molecule has 1 amide bonds. The molecule has 0 bridgehead atoms. The van der Waals surface area contributed by atoms with Gasteiger partial charge in [0, 0.05) is 27.1 Å². The summed E-state index contributed by atoms with van der Waals surface area (Å²) < 4.78 is 0. The summed E-state index contributed by atoms with van der Waals surface area (Å²) in [5, 5.41) is 0. The highest BCUT2D eigenvalue weighted by Crippen LogP contribution is 1.96. The maximum absolute atomic E-state index is 11.3. The van der Waals surface area contributed by atoms with Crippen LogP contribution in [0.2, 0.25) is 0 Å². The van der Waals surface area contributed by atoms with Gasteiger partial charge >= 0.3 is 0 Å². The highest BCUT2D eigenvalue weighted by molar-refractivity contribution is 5.75. The fraction of sp³-hybridized carbons (Fsp3) is 0.909. The predicted molar refractivity (Wildman–Crippen MR) is 63.5 cm³/mol. The molecule has 0 aromatic rings. The number of nitrogens with one attached hydrogen (secondary N) is 1. The summed E-state index contributed by atoms with van der Waals surface area (Å²) in [6, 6.07) is 0. The summed E-state index contributed by atoms with van der Waals surface area (Å²) in [4.78, 5) is 18.0. The highest BCUT2D eigenvalue weighted by atomic mass is 16.6. The van der Waals surface area contributed by atoms with Crippen molar-refractivity contribution in [2.75, 3.05) is 27.2 Å². The van der Waals surface area contributed by atoms with Crippen LogP contribution in [0.4, 0.5) is 0 Å². The van der Waals surface area contributed by atoms with Crippen LogP contribution in [0.5, 0.6) is 0 Å². The quantitative estimate of drug-likeness (QED) is 0.523. The number of carbonyl (C=O) groups excluding carboxylic acids is 1. The maximum Gasteiger partial charge on any atom is 0.222 e. The topological polar surface area (TPSA) is 41.6 Å². The molecule has 0 aromatic heterocycles. The molecule has 15 heavy (non-hydrogen) atoms. The molecule has 0 aliphatic heterocycles. The first-order valence-electron chi connectivity index (χ1n) is 5.74. The zero-order valence-electron chi connectivity index (χ0n) is 10.8. The zero-order valence-corrected chi connectivity index (χ0v) is 10.8. The second-order valence-electron chi connectivity index (χ2n) is 2.97. The molecule has 0 aromatic carbocycles. The lowest BCUT2D eigenvalue weighted by Gasteiger charge is -2.15.